The Morgan fingerprint density at radius 1 is 0.697 bits per heavy atom. The molecule has 190 valence electrons. The van der Waals surface area contributed by atoms with Crippen molar-refractivity contribution in [3.05, 3.63) is 0 Å². The van der Waals surface area contributed by atoms with E-state index in [-0.39, 0.29) is 42.8 Å². The molecule has 9 heteroatoms. The summed E-state index contributed by atoms with van der Waals surface area (Å²) in [7, 11) is -5.00. The van der Waals surface area contributed by atoms with Crippen LogP contribution in [0.3, 0.4) is 0 Å². The van der Waals surface area contributed by atoms with Gasteiger partial charge >= 0.3 is 41.5 Å². The topological polar surface area (TPSA) is 110 Å². The summed E-state index contributed by atoms with van der Waals surface area (Å²) in [6.07, 6.45) is 11.3. The van der Waals surface area contributed by atoms with Crippen LogP contribution in [-0.2, 0) is 29.2 Å². The molecule has 0 fully saturated rings. The van der Waals surface area contributed by atoms with E-state index in [0.717, 1.165) is 44.9 Å². The molecule has 0 aromatic carbocycles. The maximum absolute atomic E-state index is 12.1. The third kappa shape index (κ3) is 22.1. The van der Waals surface area contributed by atoms with Gasteiger partial charge in [0.05, 0.1) is 19.6 Å². The number of hydrogen-bond donors (Lipinski definition) is 0. The Morgan fingerprint density at radius 2 is 1.09 bits per heavy atom. The van der Waals surface area contributed by atoms with Gasteiger partial charge in [0.2, 0.25) is 0 Å². The molecule has 0 spiro atoms. The van der Waals surface area contributed by atoms with Crippen LogP contribution in [0.5, 0.6) is 0 Å². The standard InChI is InChI=1S/C24H46O7S.Na/c1-20(2)15-11-7-5-9-13-17-30-23(25)19-22(32(27,28)29)24(26)31-18-14-10-6-8-12-16-21(3)4;/h20-22H,5-19H2,1-4H3,(H,27,28,29);/q;+1/p-1. The molecule has 0 heterocycles. The van der Waals surface area contributed by atoms with Crippen molar-refractivity contribution in [1.29, 1.82) is 0 Å². The van der Waals surface area contributed by atoms with Crippen LogP contribution in [0, 0.1) is 11.8 Å². The van der Waals surface area contributed by atoms with Gasteiger partial charge in [-0.15, -0.1) is 0 Å². The van der Waals surface area contributed by atoms with Crippen molar-refractivity contribution in [2.45, 2.75) is 116 Å². The van der Waals surface area contributed by atoms with Gasteiger partial charge in [0, 0.05) is 0 Å². The van der Waals surface area contributed by atoms with Gasteiger partial charge in [0.1, 0.15) is 10.1 Å². The van der Waals surface area contributed by atoms with E-state index in [2.05, 4.69) is 27.7 Å². The summed E-state index contributed by atoms with van der Waals surface area (Å²) in [6, 6.07) is 0. The monoisotopic (exact) mass is 500 g/mol. The molecule has 0 aromatic rings. The molecule has 0 amide bonds. The maximum atomic E-state index is 12.1. The first-order chi connectivity index (χ1) is 15.0. The van der Waals surface area contributed by atoms with Gasteiger partial charge < -0.3 is 14.0 Å². The summed E-state index contributed by atoms with van der Waals surface area (Å²) in [5.41, 5.74) is 0. The Balaban J connectivity index is 0. The van der Waals surface area contributed by atoms with Crippen LogP contribution in [0.15, 0.2) is 0 Å². The van der Waals surface area contributed by atoms with Crippen LogP contribution in [0.4, 0.5) is 0 Å². The van der Waals surface area contributed by atoms with E-state index in [4.69, 9.17) is 9.47 Å². The summed E-state index contributed by atoms with van der Waals surface area (Å²) in [6.45, 7) is 8.96. The molecule has 0 radical (unpaired) electrons. The van der Waals surface area contributed by atoms with E-state index in [1.54, 1.807) is 0 Å². The quantitative estimate of drug-likeness (QED) is 0.109. The minimum atomic E-state index is -5.00. The van der Waals surface area contributed by atoms with Crippen molar-refractivity contribution in [2.24, 2.45) is 11.8 Å². The Bertz CT molecular complexity index is 606. The fraction of sp³-hybridized carbons (Fsp3) is 0.917. The van der Waals surface area contributed by atoms with Crippen molar-refractivity contribution in [3.63, 3.8) is 0 Å². The minimum absolute atomic E-state index is 0. The molecule has 33 heavy (non-hydrogen) atoms. The second kappa shape index (κ2) is 21.2. The van der Waals surface area contributed by atoms with Crippen LogP contribution >= 0.6 is 0 Å². The Kier molecular flexibility index (Phi) is 22.5. The van der Waals surface area contributed by atoms with Crippen molar-refractivity contribution in [2.75, 3.05) is 13.2 Å². The molecule has 0 saturated carbocycles. The molecule has 0 aromatic heterocycles. The van der Waals surface area contributed by atoms with Crippen LogP contribution in [0.1, 0.15) is 111 Å². The summed E-state index contributed by atoms with van der Waals surface area (Å²) in [5.74, 6) is -0.640. The average molecular weight is 501 g/mol. The smallest absolute Gasteiger partial charge is 0.747 e. The molecule has 0 aliphatic carbocycles. The number of carbonyl (C=O) groups is 2. The average Bonchev–Trinajstić information content (AvgIpc) is 2.68. The Morgan fingerprint density at radius 3 is 1.52 bits per heavy atom. The predicted molar refractivity (Wildman–Crippen MR) is 125 cm³/mol. The van der Waals surface area contributed by atoms with E-state index in [1.807, 2.05) is 0 Å². The van der Waals surface area contributed by atoms with Crippen molar-refractivity contribution in [3.8, 4) is 0 Å². The van der Waals surface area contributed by atoms with Crippen molar-refractivity contribution < 1.29 is 61.6 Å². The molecule has 7 nitrogen and oxygen atoms in total. The Labute approximate surface area is 224 Å². The number of ether oxygens (including phenoxy) is 2. The zero-order valence-electron chi connectivity index (χ0n) is 21.6. The SMILES string of the molecule is CC(C)CCCCCCCOC(=O)CC(C(=O)OCCCCCCCC(C)C)S(=O)(=O)[O-].[Na+]. The molecule has 0 aliphatic rings. The third-order valence-corrected chi connectivity index (χ3v) is 6.38. The van der Waals surface area contributed by atoms with Gasteiger partial charge in [-0.3, -0.25) is 9.59 Å². The first-order valence-electron chi connectivity index (χ1n) is 12.3. The van der Waals surface area contributed by atoms with Gasteiger partial charge in [-0.2, -0.15) is 0 Å². The minimum Gasteiger partial charge on any atom is -0.747 e. The van der Waals surface area contributed by atoms with Gasteiger partial charge in [-0.05, 0) is 24.7 Å². The van der Waals surface area contributed by atoms with Gasteiger partial charge in [0.25, 0.3) is 0 Å². The molecule has 1 unspecified atom stereocenters. The van der Waals surface area contributed by atoms with E-state index < -0.39 is 33.7 Å². The van der Waals surface area contributed by atoms with Gasteiger partial charge in [0.15, 0.2) is 5.25 Å². The van der Waals surface area contributed by atoms with E-state index in [9.17, 15) is 22.6 Å². The van der Waals surface area contributed by atoms with Crippen molar-refractivity contribution >= 4 is 22.1 Å². The molecule has 0 aliphatic heterocycles. The third-order valence-electron chi connectivity index (χ3n) is 5.32. The number of hydrogen-bond acceptors (Lipinski definition) is 7. The molecule has 0 bridgehead atoms. The first-order valence-corrected chi connectivity index (χ1v) is 13.8. The zero-order valence-corrected chi connectivity index (χ0v) is 24.4. The van der Waals surface area contributed by atoms with Crippen LogP contribution in [0.25, 0.3) is 0 Å². The van der Waals surface area contributed by atoms with Crippen LogP contribution in [0.2, 0.25) is 0 Å². The first kappa shape index (κ1) is 35.0. The second-order valence-electron chi connectivity index (χ2n) is 9.47. The number of rotatable bonds is 20. The number of esters is 2. The molecular weight excluding hydrogens is 455 g/mol. The normalized spacial score (nSPS) is 12.5. The van der Waals surface area contributed by atoms with E-state index >= 15 is 0 Å². The summed E-state index contributed by atoms with van der Waals surface area (Å²) in [4.78, 5) is 24.0. The molecule has 0 saturated heterocycles. The fourth-order valence-corrected chi connectivity index (χ4v) is 3.98. The summed E-state index contributed by atoms with van der Waals surface area (Å²) < 4.78 is 44.2. The molecule has 1 atom stereocenters. The van der Waals surface area contributed by atoms with Crippen LogP contribution < -0.4 is 29.6 Å². The fourth-order valence-electron chi connectivity index (χ4n) is 3.34. The maximum Gasteiger partial charge on any atom is 1.00 e. The molecule has 0 N–H and O–H groups in total. The Hall–Kier alpha value is -0.150. The predicted octanol–water partition coefficient (Wildman–Crippen LogP) is 2.37. The van der Waals surface area contributed by atoms with Gasteiger partial charge in [-0.1, -0.05) is 91.9 Å². The van der Waals surface area contributed by atoms with Gasteiger partial charge in [-0.25, -0.2) is 8.42 Å². The van der Waals surface area contributed by atoms with E-state index in [1.165, 1.54) is 19.3 Å². The summed E-state index contributed by atoms with van der Waals surface area (Å²) >= 11 is 0. The van der Waals surface area contributed by atoms with Crippen molar-refractivity contribution in [1.82, 2.24) is 0 Å². The zero-order chi connectivity index (χ0) is 24.4. The van der Waals surface area contributed by atoms with E-state index in [0.29, 0.717) is 24.7 Å². The summed E-state index contributed by atoms with van der Waals surface area (Å²) in [5, 5.41) is -2.04. The number of unbranched alkanes of at least 4 members (excludes halogenated alkanes) is 8. The largest absolute Gasteiger partial charge is 1.00 e. The van der Waals surface area contributed by atoms with Crippen LogP contribution in [-0.4, -0.2) is 43.4 Å². The molecule has 0 rings (SSSR count). The molecular formula is C24H45NaO7S. The number of carbonyl (C=O) groups excluding carboxylic acids is 2. The second-order valence-corrected chi connectivity index (χ2v) is 11.0.